The van der Waals surface area contributed by atoms with E-state index in [1.807, 2.05) is 11.8 Å². The van der Waals surface area contributed by atoms with Crippen LogP contribution in [0.5, 0.6) is 5.75 Å². The Bertz CT molecular complexity index is 614. The van der Waals surface area contributed by atoms with E-state index in [1.54, 1.807) is 0 Å². The fourth-order valence-electron chi connectivity index (χ4n) is 2.26. The lowest BCUT2D eigenvalue weighted by molar-refractivity contribution is 0.312. The molecule has 0 atom stereocenters. The first-order valence-electron chi connectivity index (χ1n) is 7.69. The van der Waals surface area contributed by atoms with Crippen LogP contribution in [0.3, 0.4) is 0 Å². The van der Waals surface area contributed by atoms with Crippen molar-refractivity contribution in [2.75, 3.05) is 12.4 Å². The minimum atomic E-state index is 0.516. The molecule has 0 aliphatic heterocycles. The number of hydrogen-bond acceptors (Lipinski definition) is 4. The summed E-state index contributed by atoms with van der Waals surface area (Å²) in [5.74, 6) is 3.89. The van der Waals surface area contributed by atoms with Crippen LogP contribution < -0.4 is 4.74 Å². The summed E-state index contributed by atoms with van der Waals surface area (Å²) in [4.78, 5) is 4.17. The van der Waals surface area contributed by atoms with E-state index in [2.05, 4.69) is 47.2 Å². The van der Waals surface area contributed by atoms with E-state index in [4.69, 9.17) is 17.0 Å². The lowest BCUT2D eigenvalue weighted by Crippen LogP contribution is -2.04. The van der Waals surface area contributed by atoms with E-state index in [0.717, 1.165) is 48.9 Å². The van der Waals surface area contributed by atoms with Crippen molar-refractivity contribution >= 4 is 24.0 Å². The molecule has 0 amide bonds. The summed E-state index contributed by atoms with van der Waals surface area (Å²) in [5.41, 5.74) is 2.60. The zero-order valence-electron chi connectivity index (χ0n) is 13.1. The molecule has 2 aromatic rings. The van der Waals surface area contributed by atoms with Crippen molar-refractivity contribution in [1.29, 1.82) is 0 Å². The van der Waals surface area contributed by atoms with Gasteiger partial charge in [-0.15, -0.1) is 0 Å². The summed E-state index contributed by atoms with van der Waals surface area (Å²) in [6, 6.07) is 6.43. The first-order chi connectivity index (χ1) is 10.7. The van der Waals surface area contributed by atoms with Gasteiger partial charge in [-0.2, -0.15) is 11.8 Å². The lowest BCUT2D eigenvalue weighted by Gasteiger charge is -2.14. The van der Waals surface area contributed by atoms with Gasteiger partial charge in [0.15, 0.2) is 0 Å². The van der Waals surface area contributed by atoms with Crippen LogP contribution in [0.1, 0.15) is 37.2 Å². The second kappa shape index (κ2) is 9.00. The van der Waals surface area contributed by atoms with Gasteiger partial charge < -0.3 is 4.74 Å². The number of thioether (sulfide) groups is 1. The van der Waals surface area contributed by atoms with Crippen molar-refractivity contribution in [3.05, 3.63) is 39.9 Å². The Kier molecular flexibility index (Phi) is 6.99. The Hall–Kier alpha value is -1.27. The standard InChI is InChI=1S/C16H23N3OS2/c1-3-12-7-5-8-13(4-2)15(12)20-9-6-10-22-11-14-17-16(21)19-18-14/h5,7-8H,3-4,6,9-11H2,1-2H3,(H2,17,18,19,21). The highest BCUT2D eigenvalue weighted by molar-refractivity contribution is 7.98. The van der Waals surface area contributed by atoms with Crippen LogP contribution in [0.15, 0.2) is 18.2 Å². The van der Waals surface area contributed by atoms with Crippen molar-refractivity contribution in [3.8, 4) is 5.75 Å². The third kappa shape index (κ3) is 4.88. The molecule has 1 heterocycles. The molecule has 2 rings (SSSR count). The zero-order valence-corrected chi connectivity index (χ0v) is 14.8. The Labute approximate surface area is 141 Å². The van der Waals surface area contributed by atoms with Gasteiger partial charge in [-0.1, -0.05) is 32.0 Å². The van der Waals surface area contributed by atoms with Gasteiger partial charge >= 0.3 is 0 Å². The van der Waals surface area contributed by atoms with Gasteiger partial charge in [0.25, 0.3) is 0 Å². The highest BCUT2D eigenvalue weighted by Gasteiger charge is 2.07. The average Bonchev–Trinajstić information content (AvgIpc) is 2.95. The minimum absolute atomic E-state index is 0.516. The molecule has 1 aromatic heterocycles. The first-order valence-corrected chi connectivity index (χ1v) is 9.25. The van der Waals surface area contributed by atoms with Crippen LogP contribution in [-0.2, 0) is 18.6 Å². The van der Waals surface area contributed by atoms with Crippen molar-refractivity contribution in [3.63, 3.8) is 0 Å². The number of nitrogens with zero attached hydrogens (tertiary/aromatic N) is 1. The quantitative estimate of drug-likeness (QED) is 0.529. The average molecular weight is 338 g/mol. The van der Waals surface area contributed by atoms with E-state index >= 15 is 0 Å². The molecule has 0 saturated carbocycles. The molecule has 4 nitrogen and oxygen atoms in total. The highest BCUT2D eigenvalue weighted by atomic mass is 32.2. The molecular formula is C16H23N3OS2. The van der Waals surface area contributed by atoms with Crippen LogP contribution in [-0.4, -0.2) is 27.5 Å². The SMILES string of the molecule is CCc1cccc(CC)c1OCCCSCc1nc(=S)[nH][nH]1. The van der Waals surface area contributed by atoms with Crippen LogP contribution in [0.2, 0.25) is 0 Å². The lowest BCUT2D eigenvalue weighted by atomic mass is 10.1. The van der Waals surface area contributed by atoms with Crippen LogP contribution in [0.25, 0.3) is 0 Å². The third-order valence-electron chi connectivity index (χ3n) is 3.41. The second-order valence-electron chi connectivity index (χ2n) is 4.98. The number of hydrogen-bond donors (Lipinski definition) is 2. The fraction of sp³-hybridized carbons (Fsp3) is 0.500. The maximum Gasteiger partial charge on any atom is 0.213 e. The first kappa shape index (κ1) is 17.1. The van der Waals surface area contributed by atoms with Crippen LogP contribution >= 0.6 is 24.0 Å². The van der Waals surface area contributed by atoms with Crippen molar-refractivity contribution in [2.24, 2.45) is 0 Å². The zero-order chi connectivity index (χ0) is 15.8. The Balaban J connectivity index is 1.73. The molecule has 0 bridgehead atoms. The molecule has 0 aliphatic rings. The molecule has 0 saturated heterocycles. The molecule has 1 aromatic carbocycles. The number of aryl methyl sites for hydroxylation is 2. The Morgan fingerprint density at radius 3 is 2.50 bits per heavy atom. The maximum absolute atomic E-state index is 6.05. The Morgan fingerprint density at radius 2 is 1.91 bits per heavy atom. The number of ether oxygens (including phenoxy) is 1. The number of H-pyrrole nitrogens is 2. The summed E-state index contributed by atoms with van der Waals surface area (Å²) >= 11 is 6.76. The van der Waals surface area contributed by atoms with E-state index < -0.39 is 0 Å². The van der Waals surface area contributed by atoms with Crippen LogP contribution in [0, 0.1) is 4.77 Å². The second-order valence-corrected chi connectivity index (χ2v) is 6.47. The fourth-order valence-corrected chi connectivity index (χ4v) is 3.21. The van der Waals surface area contributed by atoms with Gasteiger partial charge in [0, 0.05) is 0 Å². The number of nitrogens with one attached hydrogen (secondary N) is 2. The van der Waals surface area contributed by atoms with Gasteiger partial charge in [-0.3, -0.25) is 10.2 Å². The number of para-hydroxylation sites is 1. The van der Waals surface area contributed by atoms with Crippen molar-refractivity contribution < 1.29 is 4.74 Å². The molecule has 22 heavy (non-hydrogen) atoms. The molecule has 0 fully saturated rings. The molecule has 120 valence electrons. The monoisotopic (exact) mass is 337 g/mol. The molecule has 0 aliphatic carbocycles. The van der Waals surface area contributed by atoms with E-state index in [0.29, 0.717) is 4.77 Å². The third-order valence-corrected chi connectivity index (χ3v) is 4.66. The molecule has 2 N–H and O–H groups in total. The number of benzene rings is 1. The van der Waals surface area contributed by atoms with Gasteiger partial charge in [-0.05, 0) is 48.4 Å². The number of aromatic nitrogens is 3. The van der Waals surface area contributed by atoms with Crippen molar-refractivity contribution in [1.82, 2.24) is 15.2 Å². The van der Waals surface area contributed by atoms with Gasteiger partial charge in [0.05, 0.1) is 12.4 Å². The predicted octanol–water partition coefficient (Wildman–Crippen LogP) is 4.29. The van der Waals surface area contributed by atoms with Gasteiger partial charge in [0.2, 0.25) is 4.77 Å². The number of aromatic amines is 2. The largest absolute Gasteiger partial charge is 0.493 e. The molecule has 6 heteroatoms. The van der Waals surface area contributed by atoms with Gasteiger partial charge in [-0.25, -0.2) is 4.98 Å². The molecular weight excluding hydrogens is 314 g/mol. The summed E-state index contributed by atoms with van der Waals surface area (Å²) < 4.78 is 6.56. The van der Waals surface area contributed by atoms with Crippen molar-refractivity contribution in [2.45, 2.75) is 38.9 Å². The summed E-state index contributed by atoms with van der Waals surface area (Å²) in [6.45, 7) is 5.10. The normalized spacial score (nSPS) is 10.8. The van der Waals surface area contributed by atoms with E-state index in [-0.39, 0.29) is 0 Å². The molecule has 0 spiro atoms. The topological polar surface area (TPSA) is 53.7 Å². The number of rotatable bonds is 9. The smallest absolute Gasteiger partial charge is 0.213 e. The maximum atomic E-state index is 6.05. The molecule has 0 radical (unpaired) electrons. The minimum Gasteiger partial charge on any atom is -0.493 e. The van der Waals surface area contributed by atoms with E-state index in [1.165, 1.54) is 11.1 Å². The van der Waals surface area contributed by atoms with E-state index in [9.17, 15) is 0 Å². The summed E-state index contributed by atoms with van der Waals surface area (Å²) in [5, 5.41) is 5.77. The summed E-state index contributed by atoms with van der Waals surface area (Å²) in [7, 11) is 0. The summed E-state index contributed by atoms with van der Waals surface area (Å²) in [6.07, 6.45) is 3.05. The Morgan fingerprint density at radius 1 is 1.18 bits per heavy atom. The molecule has 0 unspecified atom stereocenters. The van der Waals surface area contributed by atoms with Gasteiger partial charge in [0.1, 0.15) is 11.6 Å². The predicted molar refractivity (Wildman–Crippen MR) is 95.2 cm³/mol. The van der Waals surface area contributed by atoms with Crippen LogP contribution in [0.4, 0.5) is 0 Å². The highest BCUT2D eigenvalue weighted by Crippen LogP contribution is 2.25.